The molecule has 3 rings (SSSR count). The molecular formula is C14H11N5O. The quantitative estimate of drug-likeness (QED) is 0.761. The molecule has 0 radical (unpaired) electrons. The van der Waals surface area contributed by atoms with E-state index < -0.39 is 0 Å². The van der Waals surface area contributed by atoms with Gasteiger partial charge >= 0.3 is 0 Å². The van der Waals surface area contributed by atoms with E-state index in [-0.39, 0.29) is 11.1 Å². The van der Waals surface area contributed by atoms with E-state index in [1.54, 1.807) is 29.1 Å². The minimum absolute atomic E-state index is 0.0999. The Balaban J connectivity index is 2.26. The average Bonchev–Trinajstić information content (AvgIpc) is 2.94. The summed E-state index contributed by atoms with van der Waals surface area (Å²) in [6, 6.07) is 3.51. The highest BCUT2D eigenvalue weighted by atomic mass is 16.1. The minimum Gasteiger partial charge on any atom is -0.324 e. The Morgan fingerprint density at radius 3 is 3.05 bits per heavy atom. The molecule has 0 bridgehead atoms. The van der Waals surface area contributed by atoms with Crippen LogP contribution in [0.5, 0.6) is 0 Å². The number of aromatic nitrogens is 4. The monoisotopic (exact) mass is 265 g/mol. The van der Waals surface area contributed by atoms with Crippen molar-refractivity contribution in [2.45, 2.75) is 13.3 Å². The van der Waals surface area contributed by atoms with Gasteiger partial charge in [0.25, 0.3) is 5.56 Å². The summed E-state index contributed by atoms with van der Waals surface area (Å²) in [5.74, 6) is 0.608. The van der Waals surface area contributed by atoms with Crippen molar-refractivity contribution in [2.24, 2.45) is 0 Å². The predicted molar refractivity (Wildman–Crippen MR) is 73.1 cm³/mol. The van der Waals surface area contributed by atoms with Crippen LogP contribution in [-0.2, 0) is 6.42 Å². The standard InChI is InChI=1S/C14H11N5O/c1-2-12-11(5-9(6-15)13(20)18-12)10-7-17-14-16-3-4-19(14)8-10/h3-5,7-8H,2H2,1H3,(H,18,20). The molecular weight excluding hydrogens is 254 g/mol. The highest BCUT2D eigenvalue weighted by molar-refractivity contribution is 5.66. The number of nitrogens with one attached hydrogen (secondary N) is 1. The molecule has 0 saturated carbocycles. The van der Waals surface area contributed by atoms with Gasteiger partial charge < -0.3 is 4.98 Å². The number of aromatic amines is 1. The molecule has 0 fully saturated rings. The lowest BCUT2D eigenvalue weighted by Gasteiger charge is -2.08. The van der Waals surface area contributed by atoms with Crippen LogP contribution in [-0.4, -0.2) is 19.4 Å². The number of aryl methyl sites for hydroxylation is 1. The maximum absolute atomic E-state index is 11.7. The van der Waals surface area contributed by atoms with Crippen LogP contribution < -0.4 is 5.56 Å². The number of hydrogen-bond donors (Lipinski definition) is 1. The number of imidazole rings is 1. The van der Waals surface area contributed by atoms with Gasteiger partial charge in [-0.2, -0.15) is 5.26 Å². The van der Waals surface area contributed by atoms with Crippen molar-refractivity contribution in [3.8, 4) is 17.2 Å². The number of rotatable bonds is 2. The Morgan fingerprint density at radius 1 is 1.45 bits per heavy atom. The van der Waals surface area contributed by atoms with E-state index in [4.69, 9.17) is 5.26 Å². The Labute approximate surface area is 114 Å². The molecule has 0 aliphatic carbocycles. The fraction of sp³-hybridized carbons (Fsp3) is 0.143. The van der Waals surface area contributed by atoms with Gasteiger partial charge in [-0.1, -0.05) is 6.92 Å². The van der Waals surface area contributed by atoms with E-state index >= 15 is 0 Å². The van der Waals surface area contributed by atoms with E-state index in [0.717, 1.165) is 16.8 Å². The summed E-state index contributed by atoms with van der Waals surface area (Å²) in [4.78, 5) is 22.8. The summed E-state index contributed by atoms with van der Waals surface area (Å²) in [7, 11) is 0. The fourth-order valence-corrected chi connectivity index (χ4v) is 2.14. The maximum Gasteiger partial charge on any atom is 0.266 e. The molecule has 98 valence electrons. The van der Waals surface area contributed by atoms with E-state index in [2.05, 4.69) is 15.0 Å². The Morgan fingerprint density at radius 2 is 2.30 bits per heavy atom. The molecule has 0 saturated heterocycles. The molecule has 0 aliphatic rings. The summed E-state index contributed by atoms with van der Waals surface area (Å²) in [6.07, 6.45) is 7.70. The van der Waals surface area contributed by atoms with Crippen molar-refractivity contribution in [3.63, 3.8) is 0 Å². The molecule has 6 nitrogen and oxygen atoms in total. The van der Waals surface area contributed by atoms with Crippen LogP contribution in [0.25, 0.3) is 16.9 Å². The number of fused-ring (bicyclic) bond motifs is 1. The van der Waals surface area contributed by atoms with Crippen molar-refractivity contribution in [2.75, 3.05) is 0 Å². The molecule has 3 heterocycles. The Bertz CT molecular complexity index is 884. The molecule has 1 N–H and O–H groups in total. The number of pyridine rings is 1. The van der Waals surface area contributed by atoms with Crippen molar-refractivity contribution in [1.82, 2.24) is 19.4 Å². The Kier molecular flexibility index (Phi) is 2.80. The summed E-state index contributed by atoms with van der Waals surface area (Å²) < 4.78 is 1.80. The number of H-pyrrole nitrogens is 1. The van der Waals surface area contributed by atoms with Crippen molar-refractivity contribution in [1.29, 1.82) is 5.26 Å². The van der Waals surface area contributed by atoms with Crippen molar-refractivity contribution < 1.29 is 0 Å². The number of nitriles is 1. The van der Waals surface area contributed by atoms with Crippen molar-refractivity contribution >= 4 is 5.78 Å². The number of nitrogens with zero attached hydrogens (tertiary/aromatic N) is 4. The van der Waals surface area contributed by atoms with Gasteiger partial charge in [0.15, 0.2) is 0 Å². The zero-order valence-corrected chi connectivity index (χ0v) is 10.8. The van der Waals surface area contributed by atoms with Gasteiger partial charge in [-0.15, -0.1) is 0 Å². The molecule has 20 heavy (non-hydrogen) atoms. The van der Waals surface area contributed by atoms with Crippen LogP contribution in [0.15, 0.2) is 35.6 Å². The van der Waals surface area contributed by atoms with Gasteiger partial charge in [0, 0.05) is 41.6 Å². The first-order chi connectivity index (χ1) is 9.72. The number of hydrogen-bond acceptors (Lipinski definition) is 4. The van der Waals surface area contributed by atoms with E-state index in [0.29, 0.717) is 12.2 Å². The van der Waals surface area contributed by atoms with Gasteiger partial charge in [-0.25, -0.2) is 9.97 Å². The van der Waals surface area contributed by atoms with Gasteiger partial charge in [0.2, 0.25) is 5.78 Å². The summed E-state index contributed by atoms with van der Waals surface area (Å²) in [5.41, 5.74) is 2.18. The fourth-order valence-electron chi connectivity index (χ4n) is 2.14. The predicted octanol–water partition coefficient (Wildman–Crippen LogP) is 1.52. The van der Waals surface area contributed by atoms with E-state index in [9.17, 15) is 4.79 Å². The molecule has 0 unspecified atom stereocenters. The molecule has 0 amide bonds. The second-order valence-corrected chi connectivity index (χ2v) is 4.35. The lowest BCUT2D eigenvalue weighted by atomic mass is 10.0. The summed E-state index contributed by atoms with van der Waals surface area (Å²) in [6.45, 7) is 1.95. The lowest BCUT2D eigenvalue weighted by Crippen LogP contribution is -2.13. The van der Waals surface area contributed by atoms with Gasteiger partial charge in [0.1, 0.15) is 11.6 Å². The lowest BCUT2D eigenvalue weighted by molar-refractivity contribution is 1.01. The van der Waals surface area contributed by atoms with E-state index in [1.807, 2.05) is 19.2 Å². The van der Waals surface area contributed by atoms with Gasteiger partial charge in [-0.3, -0.25) is 9.20 Å². The highest BCUT2D eigenvalue weighted by Crippen LogP contribution is 2.22. The molecule has 0 spiro atoms. The molecule has 3 aromatic rings. The van der Waals surface area contributed by atoms with Crippen LogP contribution >= 0.6 is 0 Å². The van der Waals surface area contributed by atoms with Crippen LogP contribution in [0.3, 0.4) is 0 Å². The first-order valence-corrected chi connectivity index (χ1v) is 6.18. The Hall–Kier alpha value is -2.94. The van der Waals surface area contributed by atoms with Gasteiger partial charge in [-0.05, 0) is 12.5 Å². The van der Waals surface area contributed by atoms with Crippen LogP contribution in [0.2, 0.25) is 0 Å². The summed E-state index contributed by atoms with van der Waals surface area (Å²) >= 11 is 0. The first-order valence-electron chi connectivity index (χ1n) is 6.18. The third kappa shape index (κ3) is 1.86. The topological polar surface area (TPSA) is 86.8 Å². The molecule has 6 heteroatoms. The third-order valence-electron chi connectivity index (χ3n) is 3.15. The highest BCUT2D eigenvalue weighted by Gasteiger charge is 2.10. The summed E-state index contributed by atoms with van der Waals surface area (Å²) in [5, 5.41) is 8.99. The van der Waals surface area contributed by atoms with Gasteiger partial charge in [0.05, 0.1) is 0 Å². The maximum atomic E-state index is 11.7. The van der Waals surface area contributed by atoms with E-state index in [1.165, 1.54) is 0 Å². The zero-order chi connectivity index (χ0) is 14.1. The van der Waals surface area contributed by atoms with Crippen LogP contribution in [0, 0.1) is 11.3 Å². The molecule has 3 aromatic heterocycles. The smallest absolute Gasteiger partial charge is 0.266 e. The van der Waals surface area contributed by atoms with Crippen molar-refractivity contribution in [3.05, 3.63) is 52.5 Å². The molecule has 0 atom stereocenters. The SMILES string of the molecule is CCc1[nH]c(=O)c(C#N)cc1-c1cnc2nccn2c1. The van der Waals surface area contributed by atoms with Crippen LogP contribution in [0.4, 0.5) is 0 Å². The second-order valence-electron chi connectivity index (χ2n) is 4.35. The normalized spacial score (nSPS) is 10.6. The minimum atomic E-state index is -0.357. The van der Waals surface area contributed by atoms with Crippen LogP contribution in [0.1, 0.15) is 18.2 Å². The third-order valence-corrected chi connectivity index (χ3v) is 3.15. The molecule has 0 aliphatic heterocycles. The largest absolute Gasteiger partial charge is 0.324 e. The second kappa shape index (κ2) is 4.63. The first kappa shape index (κ1) is 12.1. The average molecular weight is 265 g/mol. The zero-order valence-electron chi connectivity index (χ0n) is 10.8. The molecule has 0 aromatic carbocycles.